The third-order valence-corrected chi connectivity index (χ3v) is 3.37. The van der Waals surface area contributed by atoms with Crippen LogP contribution in [0.1, 0.15) is 24.2 Å². The molecule has 20 heavy (non-hydrogen) atoms. The summed E-state index contributed by atoms with van der Waals surface area (Å²) in [7, 11) is 0. The Bertz CT molecular complexity index is 521. The van der Waals surface area contributed by atoms with Crippen molar-refractivity contribution in [3.8, 4) is 0 Å². The van der Waals surface area contributed by atoms with E-state index >= 15 is 0 Å². The molecule has 0 aliphatic carbocycles. The van der Waals surface area contributed by atoms with E-state index in [-0.39, 0.29) is 23.7 Å². The first-order valence-corrected chi connectivity index (χ1v) is 6.73. The van der Waals surface area contributed by atoms with Crippen molar-refractivity contribution in [3.05, 3.63) is 34.6 Å². The SMILES string of the molecule is CC1(C)CN(C(=O)c2ccc(Cl)cc2F)CC(CO)O1. The first kappa shape index (κ1) is 15.2. The minimum absolute atomic E-state index is 0.0243. The van der Waals surface area contributed by atoms with Crippen LogP contribution in [0.15, 0.2) is 18.2 Å². The molecule has 1 aliphatic rings. The molecule has 1 aromatic carbocycles. The second kappa shape index (κ2) is 5.68. The Labute approximate surface area is 122 Å². The Morgan fingerprint density at radius 3 is 2.90 bits per heavy atom. The zero-order valence-corrected chi connectivity index (χ0v) is 12.2. The van der Waals surface area contributed by atoms with Gasteiger partial charge in [-0.25, -0.2) is 4.39 Å². The maximum absolute atomic E-state index is 13.8. The van der Waals surface area contributed by atoms with E-state index in [4.69, 9.17) is 16.3 Å². The molecule has 2 rings (SSSR count). The third-order valence-electron chi connectivity index (χ3n) is 3.13. The van der Waals surface area contributed by atoms with Crippen molar-refractivity contribution in [2.45, 2.75) is 25.6 Å². The number of rotatable bonds is 2. The molecule has 1 amide bonds. The first-order valence-electron chi connectivity index (χ1n) is 6.35. The average Bonchev–Trinajstić information content (AvgIpc) is 2.36. The normalized spacial score (nSPS) is 21.9. The number of carbonyl (C=O) groups is 1. The van der Waals surface area contributed by atoms with E-state index in [1.54, 1.807) is 0 Å². The summed E-state index contributed by atoms with van der Waals surface area (Å²) in [6.07, 6.45) is -0.460. The number of ether oxygens (including phenoxy) is 1. The highest BCUT2D eigenvalue weighted by atomic mass is 35.5. The molecule has 1 atom stereocenters. The van der Waals surface area contributed by atoms with Gasteiger partial charge in [-0.05, 0) is 32.0 Å². The molecule has 0 radical (unpaired) electrons. The third kappa shape index (κ3) is 3.29. The van der Waals surface area contributed by atoms with E-state index in [9.17, 15) is 14.3 Å². The monoisotopic (exact) mass is 301 g/mol. The van der Waals surface area contributed by atoms with Gasteiger partial charge >= 0.3 is 0 Å². The Balaban J connectivity index is 2.23. The van der Waals surface area contributed by atoms with Crippen LogP contribution < -0.4 is 0 Å². The van der Waals surface area contributed by atoms with Crippen molar-refractivity contribution < 1.29 is 19.0 Å². The minimum Gasteiger partial charge on any atom is -0.394 e. The lowest BCUT2D eigenvalue weighted by Gasteiger charge is -2.42. The maximum Gasteiger partial charge on any atom is 0.257 e. The van der Waals surface area contributed by atoms with E-state index in [1.165, 1.54) is 17.0 Å². The van der Waals surface area contributed by atoms with E-state index in [0.717, 1.165) is 6.07 Å². The molecule has 1 N–H and O–H groups in total. The van der Waals surface area contributed by atoms with Crippen molar-refractivity contribution in [2.24, 2.45) is 0 Å². The standard InChI is InChI=1S/C14H17ClFNO3/c1-14(2)8-17(6-10(7-18)20-14)13(19)11-4-3-9(15)5-12(11)16/h3-5,10,18H,6-8H2,1-2H3. The molecule has 1 saturated heterocycles. The summed E-state index contributed by atoms with van der Waals surface area (Å²) in [6.45, 7) is 4.04. The Hall–Kier alpha value is -1.17. The van der Waals surface area contributed by atoms with Gasteiger partial charge in [-0.15, -0.1) is 0 Å². The maximum atomic E-state index is 13.8. The summed E-state index contributed by atoms with van der Waals surface area (Å²) in [5.74, 6) is -1.07. The zero-order chi connectivity index (χ0) is 14.9. The van der Waals surface area contributed by atoms with Gasteiger partial charge in [0.05, 0.1) is 23.9 Å². The van der Waals surface area contributed by atoms with Gasteiger partial charge in [0.1, 0.15) is 5.82 Å². The van der Waals surface area contributed by atoms with Crippen molar-refractivity contribution >= 4 is 17.5 Å². The number of hydrogen-bond donors (Lipinski definition) is 1. The summed E-state index contributed by atoms with van der Waals surface area (Å²) < 4.78 is 19.4. The zero-order valence-electron chi connectivity index (χ0n) is 11.4. The number of carbonyl (C=O) groups excluding carboxylic acids is 1. The molecule has 0 aromatic heterocycles. The van der Waals surface area contributed by atoms with Gasteiger partial charge in [-0.1, -0.05) is 11.6 Å². The molecule has 110 valence electrons. The van der Waals surface area contributed by atoms with Crippen LogP contribution in [0.3, 0.4) is 0 Å². The fraction of sp³-hybridized carbons (Fsp3) is 0.500. The first-order chi connectivity index (χ1) is 9.32. The predicted octanol–water partition coefficient (Wildman–Crippen LogP) is 2.09. The fourth-order valence-electron chi connectivity index (χ4n) is 2.38. The van der Waals surface area contributed by atoms with Crippen LogP contribution in [0.5, 0.6) is 0 Å². The highest BCUT2D eigenvalue weighted by molar-refractivity contribution is 6.30. The fourth-order valence-corrected chi connectivity index (χ4v) is 2.54. The average molecular weight is 302 g/mol. The van der Waals surface area contributed by atoms with Crippen LogP contribution in [0, 0.1) is 5.82 Å². The Morgan fingerprint density at radius 1 is 1.60 bits per heavy atom. The number of benzene rings is 1. The van der Waals surface area contributed by atoms with Crippen LogP contribution >= 0.6 is 11.6 Å². The van der Waals surface area contributed by atoms with Crippen LogP contribution in [0.2, 0.25) is 5.02 Å². The molecule has 0 bridgehead atoms. The van der Waals surface area contributed by atoms with Gasteiger partial charge in [0.25, 0.3) is 5.91 Å². The molecule has 6 heteroatoms. The minimum atomic E-state index is -0.646. The summed E-state index contributed by atoms with van der Waals surface area (Å²) in [6, 6.07) is 3.97. The second-order valence-corrected chi connectivity index (χ2v) is 5.93. The number of amides is 1. The van der Waals surface area contributed by atoms with E-state index in [1.807, 2.05) is 13.8 Å². The number of morpholine rings is 1. The van der Waals surface area contributed by atoms with Crippen molar-refractivity contribution in [3.63, 3.8) is 0 Å². The molecule has 1 fully saturated rings. The number of halogens is 2. The smallest absolute Gasteiger partial charge is 0.257 e. The number of nitrogens with zero attached hydrogens (tertiary/aromatic N) is 1. The summed E-state index contributed by atoms with van der Waals surface area (Å²) in [5, 5.41) is 9.47. The molecule has 0 saturated carbocycles. The van der Waals surface area contributed by atoms with E-state index in [0.29, 0.717) is 6.54 Å². The Kier molecular flexibility index (Phi) is 4.32. The van der Waals surface area contributed by atoms with E-state index < -0.39 is 23.4 Å². The van der Waals surface area contributed by atoms with E-state index in [2.05, 4.69) is 0 Å². The number of aliphatic hydroxyl groups is 1. The van der Waals surface area contributed by atoms with Crippen LogP contribution in [-0.2, 0) is 4.74 Å². The van der Waals surface area contributed by atoms with Gasteiger partial charge in [0.15, 0.2) is 0 Å². The molecule has 0 spiro atoms. The number of hydrogen-bond acceptors (Lipinski definition) is 3. The summed E-state index contributed by atoms with van der Waals surface area (Å²) >= 11 is 5.68. The van der Waals surface area contributed by atoms with Gasteiger partial charge < -0.3 is 14.7 Å². The molecule has 1 unspecified atom stereocenters. The second-order valence-electron chi connectivity index (χ2n) is 5.49. The lowest BCUT2D eigenvalue weighted by Crippen LogP contribution is -2.55. The van der Waals surface area contributed by atoms with Gasteiger partial charge in [0.2, 0.25) is 0 Å². The van der Waals surface area contributed by atoms with Crippen LogP contribution in [-0.4, -0.2) is 47.3 Å². The molecule has 1 heterocycles. The number of aliphatic hydroxyl groups excluding tert-OH is 1. The van der Waals surface area contributed by atoms with Gasteiger partial charge in [-0.2, -0.15) is 0 Å². The molecule has 1 aromatic rings. The molecule has 1 aliphatic heterocycles. The van der Waals surface area contributed by atoms with Crippen LogP contribution in [0.25, 0.3) is 0 Å². The molecular formula is C14H17ClFNO3. The van der Waals surface area contributed by atoms with Gasteiger partial charge in [0, 0.05) is 18.1 Å². The lowest BCUT2D eigenvalue weighted by atomic mass is 10.0. The van der Waals surface area contributed by atoms with Crippen molar-refractivity contribution in [2.75, 3.05) is 19.7 Å². The molecule has 4 nitrogen and oxygen atoms in total. The van der Waals surface area contributed by atoms with Crippen molar-refractivity contribution in [1.29, 1.82) is 0 Å². The van der Waals surface area contributed by atoms with Crippen LogP contribution in [0.4, 0.5) is 4.39 Å². The largest absolute Gasteiger partial charge is 0.394 e. The summed E-state index contributed by atoms with van der Waals surface area (Å²) in [4.78, 5) is 13.9. The topological polar surface area (TPSA) is 49.8 Å². The summed E-state index contributed by atoms with van der Waals surface area (Å²) in [5.41, 5.74) is -0.603. The highest BCUT2D eigenvalue weighted by Crippen LogP contribution is 2.24. The predicted molar refractivity (Wildman–Crippen MR) is 73.4 cm³/mol. The molecular weight excluding hydrogens is 285 g/mol. The van der Waals surface area contributed by atoms with Gasteiger partial charge in [-0.3, -0.25) is 4.79 Å². The highest BCUT2D eigenvalue weighted by Gasteiger charge is 2.36. The quantitative estimate of drug-likeness (QED) is 0.910. The van der Waals surface area contributed by atoms with Crippen molar-refractivity contribution in [1.82, 2.24) is 4.90 Å². The Morgan fingerprint density at radius 2 is 2.30 bits per heavy atom. The lowest BCUT2D eigenvalue weighted by molar-refractivity contribution is -0.139.